The molecule has 0 bridgehead atoms. The first-order valence-electron chi connectivity index (χ1n) is 7.40. The molecule has 3 aromatic heterocycles. The van der Waals surface area contributed by atoms with Crippen molar-refractivity contribution in [1.82, 2.24) is 19.9 Å². The molecule has 0 radical (unpaired) electrons. The molecule has 2 N–H and O–H groups in total. The van der Waals surface area contributed by atoms with Crippen LogP contribution in [0, 0.1) is 6.92 Å². The number of rotatable bonds is 5. The van der Waals surface area contributed by atoms with Crippen molar-refractivity contribution in [3.05, 3.63) is 36.3 Å². The number of carbonyl (C=O) groups is 1. The van der Waals surface area contributed by atoms with Crippen LogP contribution in [-0.4, -0.2) is 33.0 Å². The van der Waals surface area contributed by atoms with Crippen LogP contribution in [0.15, 0.2) is 30.6 Å². The Balaban J connectivity index is 1.86. The molecule has 3 heterocycles. The van der Waals surface area contributed by atoms with Gasteiger partial charge in [0.1, 0.15) is 18.0 Å². The summed E-state index contributed by atoms with van der Waals surface area (Å²) in [5, 5.41) is 6.37. The van der Waals surface area contributed by atoms with E-state index in [1.54, 1.807) is 13.2 Å². The lowest BCUT2D eigenvalue weighted by Gasteiger charge is -2.07. The summed E-state index contributed by atoms with van der Waals surface area (Å²) in [5.41, 5.74) is 1.57. The summed E-state index contributed by atoms with van der Waals surface area (Å²) in [6.45, 7) is 3.34. The third kappa shape index (κ3) is 4.07. The SMILES string of the molecule is COc1cc(Nc2cccc(-c3sc(NC(C)=O)nc3C)n2)ncn1. The number of nitrogens with one attached hydrogen (secondary N) is 2. The van der Waals surface area contributed by atoms with E-state index in [1.165, 1.54) is 24.6 Å². The first-order chi connectivity index (χ1) is 12.0. The summed E-state index contributed by atoms with van der Waals surface area (Å²) in [5.74, 6) is 1.52. The van der Waals surface area contributed by atoms with Gasteiger partial charge in [-0.25, -0.2) is 19.9 Å². The van der Waals surface area contributed by atoms with E-state index < -0.39 is 0 Å². The fraction of sp³-hybridized carbons (Fsp3) is 0.188. The van der Waals surface area contributed by atoms with Gasteiger partial charge in [0, 0.05) is 13.0 Å². The Morgan fingerprint density at radius 3 is 2.80 bits per heavy atom. The molecule has 3 rings (SSSR count). The van der Waals surface area contributed by atoms with Crippen LogP contribution in [0.25, 0.3) is 10.6 Å². The molecule has 9 heteroatoms. The number of amides is 1. The molecule has 0 spiro atoms. The van der Waals surface area contributed by atoms with Crippen LogP contribution in [0.4, 0.5) is 16.8 Å². The normalized spacial score (nSPS) is 10.4. The Labute approximate surface area is 148 Å². The van der Waals surface area contributed by atoms with Crippen molar-refractivity contribution < 1.29 is 9.53 Å². The number of aryl methyl sites for hydroxylation is 1. The number of carbonyl (C=O) groups excluding carboxylic acids is 1. The Kier molecular flexibility index (Phi) is 4.85. The zero-order valence-electron chi connectivity index (χ0n) is 13.9. The largest absolute Gasteiger partial charge is 0.481 e. The lowest BCUT2D eigenvalue weighted by Crippen LogP contribution is -2.04. The van der Waals surface area contributed by atoms with Gasteiger partial charge in [0.25, 0.3) is 0 Å². The molecule has 0 fully saturated rings. The van der Waals surface area contributed by atoms with Crippen LogP contribution in [0.1, 0.15) is 12.6 Å². The third-order valence-electron chi connectivity index (χ3n) is 3.17. The quantitative estimate of drug-likeness (QED) is 0.724. The Bertz CT molecular complexity index is 911. The number of nitrogens with zero attached hydrogens (tertiary/aromatic N) is 4. The second-order valence-corrected chi connectivity index (χ2v) is 6.09. The van der Waals surface area contributed by atoms with Gasteiger partial charge < -0.3 is 15.4 Å². The van der Waals surface area contributed by atoms with Gasteiger partial charge in [0.2, 0.25) is 11.8 Å². The molecule has 128 valence electrons. The first-order valence-corrected chi connectivity index (χ1v) is 8.22. The molecule has 25 heavy (non-hydrogen) atoms. The minimum Gasteiger partial charge on any atom is -0.481 e. The van der Waals surface area contributed by atoms with Crippen molar-refractivity contribution in [2.75, 3.05) is 17.7 Å². The number of thiazole rings is 1. The lowest BCUT2D eigenvalue weighted by molar-refractivity contribution is -0.114. The molecule has 0 aliphatic heterocycles. The molecule has 8 nitrogen and oxygen atoms in total. The zero-order chi connectivity index (χ0) is 17.8. The average molecular weight is 356 g/mol. The van der Waals surface area contributed by atoms with Crippen molar-refractivity contribution >= 4 is 34.0 Å². The number of aromatic nitrogens is 4. The fourth-order valence-electron chi connectivity index (χ4n) is 2.12. The number of hydrogen-bond acceptors (Lipinski definition) is 8. The van der Waals surface area contributed by atoms with Crippen LogP contribution >= 0.6 is 11.3 Å². The second kappa shape index (κ2) is 7.22. The van der Waals surface area contributed by atoms with Gasteiger partial charge >= 0.3 is 0 Å². The van der Waals surface area contributed by atoms with Crippen molar-refractivity contribution in [2.45, 2.75) is 13.8 Å². The summed E-state index contributed by atoms with van der Waals surface area (Å²) in [7, 11) is 1.55. The Hall–Kier alpha value is -3.07. The summed E-state index contributed by atoms with van der Waals surface area (Å²) in [6.07, 6.45) is 1.41. The first kappa shape index (κ1) is 16.8. The topological polar surface area (TPSA) is 102 Å². The van der Waals surface area contributed by atoms with Crippen LogP contribution in [0.2, 0.25) is 0 Å². The Morgan fingerprint density at radius 1 is 1.20 bits per heavy atom. The third-order valence-corrected chi connectivity index (χ3v) is 4.26. The molecule has 3 aromatic rings. The van der Waals surface area contributed by atoms with Gasteiger partial charge in [-0.2, -0.15) is 0 Å². The summed E-state index contributed by atoms with van der Waals surface area (Å²) >= 11 is 1.38. The smallest absolute Gasteiger partial charge is 0.223 e. The fourth-order valence-corrected chi connectivity index (χ4v) is 3.10. The van der Waals surface area contributed by atoms with Crippen LogP contribution in [-0.2, 0) is 4.79 Å². The maximum atomic E-state index is 11.2. The van der Waals surface area contributed by atoms with E-state index in [-0.39, 0.29) is 5.91 Å². The Morgan fingerprint density at radius 2 is 2.04 bits per heavy atom. The maximum absolute atomic E-state index is 11.2. The van der Waals surface area contributed by atoms with Crippen molar-refractivity contribution in [2.24, 2.45) is 0 Å². The average Bonchev–Trinajstić information content (AvgIpc) is 2.95. The monoisotopic (exact) mass is 356 g/mol. The van der Waals surface area contributed by atoms with Crippen molar-refractivity contribution in [1.29, 1.82) is 0 Å². The van der Waals surface area contributed by atoms with Crippen LogP contribution in [0.3, 0.4) is 0 Å². The van der Waals surface area contributed by atoms with E-state index in [0.717, 1.165) is 16.3 Å². The van der Waals surface area contributed by atoms with Gasteiger partial charge in [-0.05, 0) is 19.1 Å². The predicted molar refractivity (Wildman–Crippen MR) is 96.3 cm³/mol. The van der Waals surface area contributed by atoms with Gasteiger partial charge in [0.15, 0.2) is 5.13 Å². The highest BCUT2D eigenvalue weighted by Crippen LogP contribution is 2.32. The van der Waals surface area contributed by atoms with Crippen LogP contribution in [0.5, 0.6) is 5.88 Å². The molecule has 1 amide bonds. The van der Waals surface area contributed by atoms with E-state index in [0.29, 0.717) is 22.6 Å². The molecular formula is C16H16N6O2S. The van der Waals surface area contributed by atoms with E-state index in [2.05, 4.69) is 30.6 Å². The standard InChI is InChI=1S/C16H16N6O2S/c1-9-15(25-16(19-9)20-10(2)23)11-5-4-6-12(21-11)22-13-7-14(24-3)18-8-17-13/h4-8H,1-3H3,(H,19,20,23)(H,17,18,21,22). The van der Waals surface area contributed by atoms with E-state index in [4.69, 9.17) is 4.74 Å². The van der Waals surface area contributed by atoms with Crippen LogP contribution < -0.4 is 15.4 Å². The van der Waals surface area contributed by atoms with Gasteiger partial charge in [0.05, 0.1) is 23.4 Å². The number of hydrogen-bond donors (Lipinski definition) is 2. The molecule has 0 unspecified atom stereocenters. The number of pyridine rings is 1. The highest BCUT2D eigenvalue weighted by atomic mass is 32.1. The summed E-state index contributed by atoms with van der Waals surface area (Å²) in [6, 6.07) is 7.30. The number of ether oxygens (including phenoxy) is 1. The van der Waals surface area contributed by atoms with Crippen molar-refractivity contribution in [3.63, 3.8) is 0 Å². The molecule has 0 saturated carbocycles. The lowest BCUT2D eigenvalue weighted by atomic mass is 10.2. The van der Waals surface area contributed by atoms with Gasteiger partial charge in [-0.1, -0.05) is 17.4 Å². The molecule has 0 atom stereocenters. The molecule has 0 saturated heterocycles. The highest BCUT2D eigenvalue weighted by molar-refractivity contribution is 7.19. The van der Waals surface area contributed by atoms with Gasteiger partial charge in [-0.3, -0.25) is 4.79 Å². The van der Waals surface area contributed by atoms with E-state index in [9.17, 15) is 4.79 Å². The zero-order valence-corrected chi connectivity index (χ0v) is 14.7. The number of methoxy groups -OCH3 is 1. The number of anilines is 3. The minimum absolute atomic E-state index is 0.151. The predicted octanol–water partition coefficient (Wildman–Crippen LogP) is 3.01. The van der Waals surface area contributed by atoms with Gasteiger partial charge in [-0.15, -0.1) is 0 Å². The summed E-state index contributed by atoms with van der Waals surface area (Å²) in [4.78, 5) is 29.1. The second-order valence-electron chi connectivity index (χ2n) is 5.09. The van der Waals surface area contributed by atoms with E-state index in [1.807, 2.05) is 25.1 Å². The molecule has 0 aromatic carbocycles. The summed E-state index contributed by atoms with van der Waals surface area (Å²) < 4.78 is 5.08. The molecule has 0 aliphatic carbocycles. The minimum atomic E-state index is -0.151. The van der Waals surface area contributed by atoms with Crippen molar-refractivity contribution in [3.8, 4) is 16.5 Å². The molecule has 0 aliphatic rings. The molecular weight excluding hydrogens is 340 g/mol. The maximum Gasteiger partial charge on any atom is 0.223 e. The highest BCUT2D eigenvalue weighted by Gasteiger charge is 2.12. The van der Waals surface area contributed by atoms with E-state index >= 15 is 0 Å².